The van der Waals surface area contributed by atoms with Gasteiger partial charge in [0.2, 0.25) is 0 Å². The van der Waals surface area contributed by atoms with Crippen LogP contribution in [0.25, 0.3) is 22.5 Å². The number of rotatable bonds is 1. The lowest BCUT2D eigenvalue weighted by Gasteiger charge is -2.07. The molecule has 4 heterocycles. The van der Waals surface area contributed by atoms with Gasteiger partial charge in [0.05, 0.1) is 22.2 Å². The molecule has 0 aliphatic rings. The third-order valence-electron chi connectivity index (χ3n) is 4.58. The number of halogens is 6. The maximum absolute atomic E-state index is 13.0. The molecule has 0 saturated heterocycles. The van der Waals surface area contributed by atoms with Crippen LogP contribution in [0.3, 0.4) is 0 Å². The summed E-state index contributed by atoms with van der Waals surface area (Å²) in [7, 11) is 1.40. The zero-order chi connectivity index (χ0) is 21.3. The van der Waals surface area contributed by atoms with Gasteiger partial charge in [0.1, 0.15) is 5.65 Å². The monoisotopic (exact) mass is 415 g/mol. The number of nitrogens with zero attached hydrogens (tertiary/aromatic N) is 5. The maximum Gasteiger partial charge on any atom is 0.417 e. The first-order valence-electron chi connectivity index (χ1n) is 8.11. The first-order chi connectivity index (χ1) is 13.4. The molecule has 0 bridgehead atoms. The fourth-order valence-electron chi connectivity index (χ4n) is 3.13. The van der Waals surface area contributed by atoms with Crippen molar-refractivity contribution in [3.63, 3.8) is 0 Å². The second kappa shape index (κ2) is 5.84. The Morgan fingerprint density at radius 2 is 1.66 bits per heavy atom. The van der Waals surface area contributed by atoms with Crippen LogP contribution < -0.4 is 5.56 Å². The van der Waals surface area contributed by atoms with Gasteiger partial charge in [0, 0.05) is 19.4 Å². The van der Waals surface area contributed by atoms with Gasteiger partial charge in [0.15, 0.2) is 11.5 Å². The fourth-order valence-corrected chi connectivity index (χ4v) is 3.13. The summed E-state index contributed by atoms with van der Waals surface area (Å²) in [4.78, 5) is 20.7. The lowest BCUT2D eigenvalue weighted by Crippen LogP contribution is -2.20. The standard InChI is InChI=1S/C17H11F6N5O/c1-8-13(25-12-4-3-9(7-27(8)12)16(18,19)20)28-15(29)11-5-10(17(21,22)23)6-24-14(11)26(28)2/h3-7H,1-2H3. The minimum absolute atomic E-state index is 0.0108. The van der Waals surface area contributed by atoms with Crippen LogP contribution in [0, 0.1) is 6.92 Å². The summed E-state index contributed by atoms with van der Waals surface area (Å²) in [5.41, 5.74) is -2.47. The number of hydrogen-bond donors (Lipinski definition) is 0. The average molecular weight is 415 g/mol. The summed E-state index contributed by atoms with van der Waals surface area (Å²) >= 11 is 0. The van der Waals surface area contributed by atoms with Gasteiger partial charge in [-0.25, -0.2) is 9.97 Å². The molecule has 152 valence electrons. The largest absolute Gasteiger partial charge is 0.417 e. The van der Waals surface area contributed by atoms with Gasteiger partial charge >= 0.3 is 12.4 Å². The van der Waals surface area contributed by atoms with Gasteiger partial charge in [0.25, 0.3) is 5.56 Å². The first-order valence-corrected chi connectivity index (χ1v) is 8.11. The third-order valence-corrected chi connectivity index (χ3v) is 4.58. The third kappa shape index (κ3) is 2.86. The maximum atomic E-state index is 13.0. The Bertz CT molecular complexity index is 1320. The van der Waals surface area contributed by atoms with E-state index in [1.807, 2.05) is 0 Å². The number of aryl methyl sites for hydroxylation is 2. The highest BCUT2D eigenvalue weighted by atomic mass is 19.4. The molecule has 0 N–H and O–H groups in total. The Morgan fingerprint density at radius 1 is 1.00 bits per heavy atom. The van der Waals surface area contributed by atoms with Crippen LogP contribution in [0.15, 0.2) is 35.4 Å². The smallest absolute Gasteiger partial charge is 0.301 e. The van der Waals surface area contributed by atoms with Gasteiger partial charge in [-0.15, -0.1) is 0 Å². The van der Waals surface area contributed by atoms with Gasteiger partial charge in [-0.05, 0) is 25.1 Å². The highest BCUT2D eigenvalue weighted by molar-refractivity contribution is 5.76. The van der Waals surface area contributed by atoms with E-state index in [4.69, 9.17) is 0 Å². The topological polar surface area (TPSA) is 57.1 Å². The Balaban J connectivity index is 1.98. The lowest BCUT2D eigenvalue weighted by molar-refractivity contribution is -0.138. The summed E-state index contributed by atoms with van der Waals surface area (Å²) in [5, 5.41) is -0.283. The average Bonchev–Trinajstić information content (AvgIpc) is 3.07. The van der Waals surface area contributed by atoms with Crippen LogP contribution >= 0.6 is 0 Å². The van der Waals surface area contributed by atoms with Crippen molar-refractivity contribution in [3.8, 4) is 5.82 Å². The molecular formula is C17H11F6N5O. The minimum atomic E-state index is -4.68. The molecule has 0 radical (unpaired) electrons. The van der Waals surface area contributed by atoms with Gasteiger partial charge in [-0.2, -0.15) is 31.0 Å². The molecule has 0 aliphatic carbocycles. The second-order valence-electron chi connectivity index (χ2n) is 6.40. The van der Waals surface area contributed by atoms with Crippen LogP contribution in [0.1, 0.15) is 16.8 Å². The zero-order valence-electron chi connectivity index (χ0n) is 14.8. The summed E-state index contributed by atoms with van der Waals surface area (Å²) in [6.07, 6.45) is -7.80. The van der Waals surface area contributed by atoms with Crippen LogP contribution in [0.4, 0.5) is 26.3 Å². The van der Waals surface area contributed by atoms with Gasteiger partial charge < -0.3 is 4.40 Å². The Labute approximate surface area is 157 Å². The SMILES string of the molecule is Cc1c(-n2c(=O)c3cc(C(F)(F)F)cnc3n2C)nc2ccc(C(F)(F)F)cn12. The Hall–Kier alpha value is -3.31. The van der Waals surface area contributed by atoms with Crippen molar-refractivity contribution in [2.75, 3.05) is 0 Å². The molecule has 0 spiro atoms. The summed E-state index contributed by atoms with van der Waals surface area (Å²) in [6.45, 7) is 1.45. The van der Waals surface area contributed by atoms with Crippen LogP contribution in [-0.2, 0) is 19.4 Å². The van der Waals surface area contributed by atoms with E-state index >= 15 is 0 Å². The second-order valence-corrected chi connectivity index (χ2v) is 6.40. The van der Waals surface area contributed by atoms with Crippen molar-refractivity contribution >= 4 is 16.7 Å². The predicted molar refractivity (Wildman–Crippen MR) is 89.8 cm³/mol. The summed E-state index contributed by atoms with van der Waals surface area (Å²) < 4.78 is 81.2. The van der Waals surface area contributed by atoms with Crippen LogP contribution in [0.2, 0.25) is 0 Å². The molecule has 4 rings (SSSR count). The number of alkyl halides is 6. The van der Waals surface area contributed by atoms with E-state index in [0.29, 0.717) is 12.3 Å². The fraction of sp³-hybridized carbons (Fsp3) is 0.235. The number of pyridine rings is 2. The number of imidazole rings is 1. The van der Waals surface area contributed by atoms with Crippen molar-refractivity contribution in [3.05, 3.63) is 57.8 Å². The normalized spacial score (nSPS) is 13.0. The molecule has 12 heteroatoms. The van der Waals surface area contributed by atoms with Gasteiger partial charge in [-0.1, -0.05) is 0 Å². The Kier molecular flexibility index (Phi) is 3.83. The highest BCUT2D eigenvalue weighted by Crippen LogP contribution is 2.31. The van der Waals surface area contributed by atoms with E-state index in [0.717, 1.165) is 27.4 Å². The minimum Gasteiger partial charge on any atom is -0.301 e. The van der Waals surface area contributed by atoms with Crippen molar-refractivity contribution in [2.45, 2.75) is 19.3 Å². The number of fused-ring (bicyclic) bond motifs is 2. The molecule has 6 nitrogen and oxygen atoms in total. The number of hydrogen-bond acceptors (Lipinski definition) is 3. The van der Waals surface area contributed by atoms with Crippen LogP contribution in [-0.4, -0.2) is 23.7 Å². The molecule has 0 aliphatic heterocycles. The molecule has 4 aromatic rings. The van der Waals surface area contributed by atoms with Crippen molar-refractivity contribution < 1.29 is 26.3 Å². The van der Waals surface area contributed by atoms with E-state index in [1.165, 1.54) is 18.7 Å². The molecule has 0 saturated carbocycles. The molecule has 0 fully saturated rings. The van der Waals surface area contributed by atoms with E-state index in [1.54, 1.807) is 0 Å². The highest BCUT2D eigenvalue weighted by Gasteiger charge is 2.33. The number of aromatic nitrogens is 5. The van der Waals surface area contributed by atoms with Crippen molar-refractivity contribution in [1.82, 2.24) is 23.7 Å². The van der Waals surface area contributed by atoms with Crippen molar-refractivity contribution in [2.24, 2.45) is 7.05 Å². The molecule has 0 unspecified atom stereocenters. The first kappa shape index (κ1) is 19.0. The predicted octanol–water partition coefficient (Wildman–Crippen LogP) is 3.72. The zero-order valence-corrected chi connectivity index (χ0v) is 14.8. The van der Waals surface area contributed by atoms with Gasteiger partial charge in [-0.3, -0.25) is 9.48 Å². The van der Waals surface area contributed by atoms with E-state index in [2.05, 4.69) is 9.97 Å². The van der Waals surface area contributed by atoms with E-state index < -0.39 is 29.0 Å². The molecule has 0 amide bonds. The molecule has 4 aromatic heterocycles. The van der Waals surface area contributed by atoms with E-state index in [9.17, 15) is 31.1 Å². The molecule has 0 atom stereocenters. The Morgan fingerprint density at radius 3 is 2.28 bits per heavy atom. The summed E-state index contributed by atoms with van der Waals surface area (Å²) in [5.74, 6) is -0.0108. The van der Waals surface area contributed by atoms with E-state index in [-0.39, 0.29) is 28.2 Å². The molecule has 0 aromatic carbocycles. The lowest BCUT2D eigenvalue weighted by atomic mass is 10.2. The molecule has 29 heavy (non-hydrogen) atoms. The van der Waals surface area contributed by atoms with Crippen LogP contribution in [0.5, 0.6) is 0 Å². The summed E-state index contributed by atoms with van der Waals surface area (Å²) in [6, 6.07) is 2.69. The molecular weight excluding hydrogens is 404 g/mol. The van der Waals surface area contributed by atoms with Crippen molar-refractivity contribution in [1.29, 1.82) is 0 Å². The quantitative estimate of drug-likeness (QED) is 0.446.